The number of aryl methyl sites for hydroxylation is 1. The third-order valence-electron chi connectivity index (χ3n) is 6.78. The van der Waals surface area contributed by atoms with Crippen LogP contribution in [0.15, 0.2) is 95.5 Å². The van der Waals surface area contributed by atoms with E-state index in [9.17, 15) is 18.0 Å². The smallest absolute Gasteiger partial charge is 0.332 e. The number of ether oxygens (including phenoxy) is 1. The first-order valence-corrected chi connectivity index (χ1v) is 12.9. The van der Waals surface area contributed by atoms with Crippen molar-refractivity contribution in [3.63, 3.8) is 0 Å². The third kappa shape index (κ3) is 4.06. The van der Waals surface area contributed by atoms with Crippen LogP contribution in [0, 0.1) is 12.3 Å². The Labute approximate surface area is 204 Å². The van der Waals surface area contributed by atoms with Gasteiger partial charge in [-0.05, 0) is 43.0 Å². The van der Waals surface area contributed by atoms with E-state index < -0.39 is 21.4 Å². The lowest BCUT2D eigenvalue weighted by Gasteiger charge is -2.27. The van der Waals surface area contributed by atoms with Crippen molar-refractivity contribution in [3.05, 3.63) is 113 Å². The molecule has 1 unspecified atom stereocenters. The van der Waals surface area contributed by atoms with Crippen molar-refractivity contribution in [2.45, 2.75) is 31.3 Å². The van der Waals surface area contributed by atoms with Crippen LogP contribution in [-0.2, 0) is 32.6 Å². The minimum absolute atomic E-state index is 0.0509. The zero-order valence-corrected chi connectivity index (χ0v) is 20.1. The summed E-state index contributed by atoms with van der Waals surface area (Å²) in [5, 5.41) is 0. The molecule has 3 aromatic carbocycles. The van der Waals surface area contributed by atoms with E-state index in [0.29, 0.717) is 18.4 Å². The SMILES string of the molecule is Cc1ccc(S(=O)(=O)N2CCC3(Cc4ccccc4C3=O)/C2=C/C(=O)OCc2ccccc2)cc1. The number of hydrogen-bond acceptors (Lipinski definition) is 5. The van der Waals surface area contributed by atoms with Crippen LogP contribution >= 0.6 is 0 Å². The van der Waals surface area contributed by atoms with Crippen molar-refractivity contribution in [2.75, 3.05) is 6.54 Å². The van der Waals surface area contributed by atoms with E-state index in [2.05, 4.69) is 0 Å². The van der Waals surface area contributed by atoms with Crippen molar-refractivity contribution in [1.29, 1.82) is 0 Å². The molecule has 178 valence electrons. The van der Waals surface area contributed by atoms with E-state index in [-0.39, 0.29) is 29.5 Å². The van der Waals surface area contributed by atoms with Gasteiger partial charge in [-0.3, -0.25) is 9.10 Å². The van der Waals surface area contributed by atoms with Gasteiger partial charge in [0.05, 0.1) is 16.0 Å². The largest absolute Gasteiger partial charge is 0.458 e. The van der Waals surface area contributed by atoms with Crippen molar-refractivity contribution in [2.24, 2.45) is 5.41 Å². The highest BCUT2D eigenvalue weighted by Crippen LogP contribution is 2.51. The summed E-state index contributed by atoms with van der Waals surface area (Å²) in [6, 6.07) is 23.1. The summed E-state index contributed by atoms with van der Waals surface area (Å²) < 4.78 is 34.0. The van der Waals surface area contributed by atoms with Crippen LogP contribution in [-0.4, -0.2) is 31.0 Å². The summed E-state index contributed by atoms with van der Waals surface area (Å²) in [6.07, 6.45) is 1.84. The van der Waals surface area contributed by atoms with Crippen LogP contribution < -0.4 is 0 Å². The maximum atomic E-state index is 13.7. The fraction of sp³-hybridized carbons (Fsp3) is 0.214. The number of Topliss-reactive ketones (excluding diaryl/α,β-unsaturated/α-hetero) is 1. The third-order valence-corrected chi connectivity index (χ3v) is 8.60. The van der Waals surface area contributed by atoms with Gasteiger partial charge >= 0.3 is 5.97 Å². The number of sulfonamides is 1. The monoisotopic (exact) mass is 487 g/mol. The lowest BCUT2D eigenvalue weighted by Crippen LogP contribution is -2.34. The molecule has 1 fully saturated rings. The van der Waals surface area contributed by atoms with Crippen molar-refractivity contribution in [3.8, 4) is 0 Å². The average molecular weight is 488 g/mol. The normalized spacial score (nSPS) is 20.4. The van der Waals surface area contributed by atoms with Gasteiger partial charge in [0.1, 0.15) is 6.61 Å². The van der Waals surface area contributed by atoms with Crippen molar-refractivity contribution < 1.29 is 22.7 Å². The highest BCUT2D eigenvalue weighted by atomic mass is 32.2. The number of carbonyl (C=O) groups excluding carboxylic acids is 2. The van der Waals surface area contributed by atoms with E-state index in [1.54, 1.807) is 36.4 Å². The molecule has 6 nitrogen and oxygen atoms in total. The minimum atomic E-state index is -3.99. The molecule has 0 N–H and O–H groups in total. The molecule has 1 aliphatic carbocycles. The molecule has 2 aliphatic rings. The van der Waals surface area contributed by atoms with Gasteiger partial charge < -0.3 is 4.74 Å². The second kappa shape index (κ2) is 8.82. The summed E-state index contributed by atoms with van der Waals surface area (Å²) in [6.45, 7) is 2.03. The van der Waals surface area contributed by atoms with E-state index in [0.717, 1.165) is 16.7 Å². The lowest BCUT2D eigenvalue weighted by molar-refractivity contribution is -0.139. The molecule has 7 heteroatoms. The minimum Gasteiger partial charge on any atom is -0.458 e. The van der Waals surface area contributed by atoms with Crippen LogP contribution in [0.3, 0.4) is 0 Å². The molecule has 0 radical (unpaired) electrons. The molecule has 0 amide bonds. The number of carbonyl (C=O) groups is 2. The first-order valence-electron chi connectivity index (χ1n) is 11.5. The topological polar surface area (TPSA) is 80.8 Å². The molecular weight excluding hydrogens is 462 g/mol. The summed E-state index contributed by atoms with van der Waals surface area (Å²) in [5.41, 5.74) is 2.24. The van der Waals surface area contributed by atoms with Gasteiger partial charge in [-0.25, -0.2) is 13.2 Å². The molecule has 1 saturated heterocycles. The Morgan fingerprint density at radius 1 is 1.00 bits per heavy atom. The number of allylic oxidation sites excluding steroid dienone is 1. The van der Waals surface area contributed by atoms with Gasteiger partial charge in [-0.15, -0.1) is 0 Å². The zero-order valence-electron chi connectivity index (χ0n) is 19.3. The van der Waals surface area contributed by atoms with Crippen LogP contribution in [0.25, 0.3) is 0 Å². The molecule has 1 spiro atoms. The van der Waals surface area contributed by atoms with Crippen LogP contribution in [0.4, 0.5) is 0 Å². The molecule has 1 aliphatic heterocycles. The van der Waals surface area contributed by atoms with Crippen LogP contribution in [0.1, 0.15) is 33.5 Å². The Kier molecular flexibility index (Phi) is 5.81. The standard InChI is InChI=1S/C28H25NO5S/c1-20-11-13-23(14-12-20)35(32,33)29-16-15-28(18-22-9-5-6-10-24(22)27(28)31)25(29)17-26(30)34-19-21-7-3-2-4-8-21/h2-14,17H,15-16,18-19H2,1H3/b25-17-. The predicted molar refractivity (Wildman–Crippen MR) is 131 cm³/mol. The summed E-state index contributed by atoms with van der Waals surface area (Å²) in [5.74, 6) is -0.838. The lowest BCUT2D eigenvalue weighted by atomic mass is 9.80. The molecular formula is C28H25NO5S. The molecule has 0 aromatic heterocycles. The van der Waals surface area contributed by atoms with Crippen molar-refractivity contribution in [1.82, 2.24) is 4.31 Å². The second-order valence-corrected chi connectivity index (χ2v) is 10.9. The molecule has 35 heavy (non-hydrogen) atoms. The van der Waals surface area contributed by atoms with Gasteiger partial charge in [-0.1, -0.05) is 72.3 Å². The van der Waals surface area contributed by atoms with Crippen molar-refractivity contribution >= 4 is 21.8 Å². The Bertz CT molecular complexity index is 1430. The Morgan fingerprint density at radius 2 is 1.69 bits per heavy atom. The predicted octanol–water partition coefficient (Wildman–Crippen LogP) is 4.44. The summed E-state index contributed by atoms with van der Waals surface area (Å²) >= 11 is 0. The van der Waals surface area contributed by atoms with Gasteiger partial charge in [-0.2, -0.15) is 0 Å². The number of hydrogen-bond donors (Lipinski definition) is 0. The quantitative estimate of drug-likeness (QED) is 0.393. The Balaban J connectivity index is 1.54. The molecule has 0 saturated carbocycles. The highest BCUT2D eigenvalue weighted by Gasteiger charge is 2.56. The van der Waals surface area contributed by atoms with Gasteiger partial charge in [0.15, 0.2) is 5.78 Å². The van der Waals surface area contributed by atoms with Gasteiger partial charge in [0.2, 0.25) is 0 Å². The summed E-state index contributed by atoms with van der Waals surface area (Å²) in [7, 11) is -3.99. The van der Waals surface area contributed by atoms with Gasteiger partial charge in [0.25, 0.3) is 10.0 Å². The molecule has 1 atom stereocenters. The maximum absolute atomic E-state index is 13.7. The zero-order chi connectivity index (χ0) is 24.6. The van der Waals surface area contributed by atoms with E-state index >= 15 is 0 Å². The number of ketones is 1. The number of fused-ring (bicyclic) bond motifs is 1. The van der Waals surface area contributed by atoms with Crippen LogP contribution in [0.5, 0.6) is 0 Å². The average Bonchev–Trinajstić information content (AvgIpc) is 3.37. The molecule has 0 bridgehead atoms. The van der Waals surface area contributed by atoms with E-state index in [4.69, 9.17) is 4.74 Å². The fourth-order valence-electron chi connectivity index (χ4n) is 4.93. The number of benzene rings is 3. The number of esters is 1. The Hall–Kier alpha value is -3.71. The Morgan fingerprint density at radius 3 is 2.40 bits per heavy atom. The number of rotatable bonds is 5. The van der Waals surface area contributed by atoms with E-state index in [1.165, 1.54) is 10.4 Å². The number of nitrogens with zero attached hydrogens (tertiary/aromatic N) is 1. The molecule has 1 heterocycles. The fourth-order valence-corrected chi connectivity index (χ4v) is 6.48. The first kappa shape index (κ1) is 23.1. The maximum Gasteiger partial charge on any atom is 0.332 e. The van der Waals surface area contributed by atoms with Gasteiger partial charge in [0, 0.05) is 18.2 Å². The second-order valence-electron chi connectivity index (χ2n) is 9.01. The summed E-state index contributed by atoms with van der Waals surface area (Å²) in [4.78, 5) is 26.7. The first-order chi connectivity index (χ1) is 16.8. The molecule has 5 rings (SSSR count). The highest BCUT2D eigenvalue weighted by molar-refractivity contribution is 7.89. The van der Waals surface area contributed by atoms with Crippen LogP contribution in [0.2, 0.25) is 0 Å². The van der Waals surface area contributed by atoms with E-state index in [1.807, 2.05) is 49.4 Å². The molecule has 3 aromatic rings.